The van der Waals surface area contributed by atoms with E-state index < -0.39 is 48.3 Å². The summed E-state index contributed by atoms with van der Waals surface area (Å²) in [6.45, 7) is 16.7. The second-order valence-electron chi connectivity index (χ2n) is 12.6. The molecule has 0 saturated heterocycles. The number of methoxy groups -OCH3 is 2. The lowest BCUT2D eigenvalue weighted by atomic mass is 9.84. The summed E-state index contributed by atoms with van der Waals surface area (Å²) in [5.41, 5.74) is 1.78. The van der Waals surface area contributed by atoms with Crippen molar-refractivity contribution in [3.63, 3.8) is 0 Å². The molecule has 0 unspecified atom stereocenters. The highest BCUT2D eigenvalue weighted by atomic mass is 16.6. The number of carbonyl (C=O) groups is 2. The Bertz CT molecular complexity index is 1050. The van der Waals surface area contributed by atoms with E-state index >= 15 is 0 Å². The molecule has 0 fully saturated rings. The summed E-state index contributed by atoms with van der Waals surface area (Å²) in [5, 5.41) is 32.5. The lowest BCUT2D eigenvalue weighted by molar-refractivity contribution is -0.162. The van der Waals surface area contributed by atoms with Gasteiger partial charge in [0.05, 0.1) is 25.4 Å². The summed E-state index contributed by atoms with van der Waals surface area (Å²) in [7, 11) is 2.86. The van der Waals surface area contributed by atoms with Gasteiger partial charge in [-0.15, -0.1) is 0 Å². The van der Waals surface area contributed by atoms with Crippen LogP contribution in [0.3, 0.4) is 0 Å². The van der Waals surface area contributed by atoms with E-state index in [1.54, 1.807) is 32.1 Å². The predicted molar refractivity (Wildman–Crippen MR) is 170 cm³/mol. The van der Waals surface area contributed by atoms with Crippen LogP contribution >= 0.6 is 0 Å². The van der Waals surface area contributed by atoms with E-state index in [1.807, 2.05) is 66.7 Å². The van der Waals surface area contributed by atoms with Crippen molar-refractivity contribution in [1.29, 1.82) is 0 Å². The molecule has 0 spiro atoms. The van der Waals surface area contributed by atoms with Crippen molar-refractivity contribution in [3.8, 4) is 0 Å². The van der Waals surface area contributed by atoms with Gasteiger partial charge in [0.25, 0.3) is 0 Å². The summed E-state index contributed by atoms with van der Waals surface area (Å²) in [5.74, 6) is -2.96. The van der Waals surface area contributed by atoms with Crippen LogP contribution in [0.25, 0.3) is 0 Å². The highest BCUT2D eigenvalue weighted by molar-refractivity contribution is 5.92. The van der Waals surface area contributed by atoms with E-state index in [4.69, 9.17) is 14.2 Å². The Morgan fingerprint density at radius 2 is 1.70 bits per heavy atom. The number of aliphatic hydroxyl groups excluding tert-OH is 3. The molecule has 1 rings (SSSR count). The Morgan fingerprint density at radius 3 is 2.26 bits per heavy atom. The first-order chi connectivity index (χ1) is 20.0. The van der Waals surface area contributed by atoms with Crippen LogP contribution < -0.4 is 0 Å². The third-order valence-electron chi connectivity index (χ3n) is 8.40. The molecular weight excluding hydrogens is 548 g/mol. The summed E-state index contributed by atoms with van der Waals surface area (Å²) in [6, 6.07) is 0. The van der Waals surface area contributed by atoms with E-state index in [0.717, 1.165) is 11.1 Å². The zero-order valence-corrected chi connectivity index (χ0v) is 28.0. The minimum absolute atomic E-state index is 0.00159. The third-order valence-corrected chi connectivity index (χ3v) is 8.40. The molecule has 43 heavy (non-hydrogen) atoms. The first kappa shape index (κ1) is 38.5. The van der Waals surface area contributed by atoms with Crippen LogP contribution in [0.2, 0.25) is 0 Å². The molecule has 0 saturated carbocycles. The maximum absolute atomic E-state index is 13.4. The summed E-state index contributed by atoms with van der Waals surface area (Å²) >= 11 is 0. The maximum atomic E-state index is 13.4. The van der Waals surface area contributed by atoms with Crippen LogP contribution in [0.15, 0.2) is 59.4 Å². The topological polar surface area (TPSA) is 123 Å². The molecule has 244 valence electrons. The maximum Gasteiger partial charge on any atom is 0.373 e. The molecule has 1 aliphatic heterocycles. The van der Waals surface area contributed by atoms with Gasteiger partial charge in [-0.2, -0.15) is 0 Å². The first-order valence-electron chi connectivity index (χ1n) is 15.3. The molecule has 3 N–H and O–H groups in total. The molecule has 8 heteroatoms. The van der Waals surface area contributed by atoms with Gasteiger partial charge < -0.3 is 29.5 Å². The number of aliphatic hydroxyl groups is 3. The average Bonchev–Trinajstić information content (AvgIpc) is 2.96. The zero-order valence-electron chi connectivity index (χ0n) is 28.0. The Morgan fingerprint density at radius 1 is 1.07 bits per heavy atom. The Labute approximate surface area is 259 Å². The summed E-state index contributed by atoms with van der Waals surface area (Å²) < 4.78 is 17.0. The molecule has 1 aliphatic rings. The third kappa shape index (κ3) is 11.8. The molecule has 8 nitrogen and oxygen atoms in total. The molecule has 10 atom stereocenters. The van der Waals surface area contributed by atoms with Crippen LogP contribution in [0, 0.1) is 35.5 Å². The molecule has 0 aromatic rings. The molecule has 0 aromatic carbocycles. The molecular formula is C35H56O8. The molecule has 0 aliphatic carbocycles. The molecule has 0 radical (unpaired) electrons. The number of rotatable bonds is 10. The molecule has 0 bridgehead atoms. The van der Waals surface area contributed by atoms with Gasteiger partial charge in [-0.25, -0.2) is 4.79 Å². The lowest BCUT2D eigenvalue weighted by Gasteiger charge is -2.33. The number of carbonyl (C=O) groups excluding carboxylic acids is 2. The fourth-order valence-electron chi connectivity index (χ4n) is 5.43. The van der Waals surface area contributed by atoms with Crippen LogP contribution in [0.5, 0.6) is 0 Å². The van der Waals surface area contributed by atoms with E-state index in [2.05, 4.69) is 0 Å². The Kier molecular flexibility index (Phi) is 16.4. The second kappa shape index (κ2) is 18.3. The lowest BCUT2D eigenvalue weighted by Crippen LogP contribution is -2.45. The van der Waals surface area contributed by atoms with E-state index in [1.165, 1.54) is 20.3 Å². The molecule has 0 amide bonds. The fourth-order valence-corrected chi connectivity index (χ4v) is 5.43. The van der Waals surface area contributed by atoms with E-state index in [9.17, 15) is 24.9 Å². The van der Waals surface area contributed by atoms with Gasteiger partial charge in [0.1, 0.15) is 12.2 Å². The SMILES string of the molecule is COC1=CC(C)=C[C@@H](C)[C@@H](O)[C@@H](C)CC(C)=CC=C[C@H](OC)[C@@H]([C@@H](C)[C@@H](O)[C@H](C)C(=O)C=C[C@H](C)[C@H](O)C(C)C)OC1=O. The van der Waals surface area contributed by atoms with Crippen LogP contribution in [-0.4, -0.2) is 71.8 Å². The second-order valence-corrected chi connectivity index (χ2v) is 12.6. The number of esters is 1. The zero-order chi connectivity index (χ0) is 33.0. The first-order valence-corrected chi connectivity index (χ1v) is 15.3. The van der Waals surface area contributed by atoms with Crippen molar-refractivity contribution in [3.05, 3.63) is 59.4 Å². The number of hydrogen-bond donors (Lipinski definition) is 3. The van der Waals surface area contributed by atoms with Crippen molar-refractivity contribution < 1.29 is 39.1 Å². The van der Waals surface area contributed by atoms with Crippen molar-refractivity contribution in [2.24, 2.45) is 35.5 Å². The smallest absolute Gasteiger partial charge is 0.373 e. The van der Waals surface area contributed by atoms with Gasteiger partial charge >= 0.3 is 5.97 Å². The van der Waals surface area contributed by atoms with Crippen LogP contribution in [0.4, 0.5) is 0 Å². The normalized spacial score (nSPS) is 28.3. The minimum atomic E-state index is -1.17. The van der Waals surface area contributed by atoms with Gasteiger partial charge in [0, 0.05) is 30.8 Å². The van der Waals surface area contributed by atoms with Gasteiger partial charge in [0.15, 0.2) is 5.78 Å². The monoisotopic (exact) mass is 604 g/mol. The number of ketones is 1. The highest BCUT2D eigenvalue weighted by Gasteiger charge is 2.38. The molecule has 1 heterocycles. The standard InChI is InChI=1S/C35H56O8/c1-20(2)31(37)23(5)15-16-28(36)26(8)33(39)27(9)34-29(41-10)14-12-13-21(3)17-24(6)32(38)25(7)18-22(4)19-30(42-11)35(40)43-34/h12-16,18-20,23-27,29,31-34,37-39H,17H2,1-11H3/t23-,24-,25+,26+,27-,29-,31+,32-,33-,34+/m0/s1. The van der Waals surface area contributed by atoms with Crippen molar-refractivity contribution in [2.45, 2.75) is 99.3 Å². The van der Waals surface area contributed by atoms with Crippen LogP contribution in [0.1, 0.15) is 68.7 Å². The summed E-state index contributed by atoms with van der Waals surface area (Å²) in [6.07, 6.45) is 8.65. The highest BCUT2D eigenvalue weighted by Crippen LogP contribution is 2.27. The van der Waals surface area contributed by atoms with Crippen LogP contribution in [-0.2, 0) is 23.8 Å². The van der Waals surface area contributed by atoms with Gasteiger partial charge in [-0.1, -0.05) is 90.0 Å². The van der Waals surface area contributed by atoms with Gasteiger partial charge in [-0.05, 0) is 44.3 Å². The minimum Gasteiger partial charge on any atom is -0.490 e. The predicted octanol–water partition coefficient (Wildman–Crippen LogP) is 5.34. The van der Waals surface area contributed by atoms with Gasteiger partial charge in [0.2, 0.25) is 5.76 Å². The number of hydrogen-bond acceptors (Lipinski definition) is 8. The van der Waals surface area contributed by atoms with E-state index in [-0.39, 0.29) is 35.2 Å². The van der Waals surface area contributed by atoms with Crippen molar-refractivity contribution in [1.82, 2.24) is 0 Å². The van der Waals surface area contributed by atoms with Crippen molar-refractivity contribution >= 4 is 11.8 Å². The Balaban J connectivity index is 3.46. The average molecular weight is 605 g/mol. The largest absolute Gasteiger partial charge is 0.490 e. The number of cyclic esters (lactones) is 1. The number of allylic oxidation sites excluding steroid dienone is 6. The fraction of sp³-hybridized carbons (Fsp3) is 0.657. The van der Waals surface area contributed by atoms with Gasteiger partial charge in [-0.3, -0.25) is 4.79 Å². The molecule has 0 aromatic heterocycles. The quantitative estimate of drug-likeness (QED) is 0.226. The summed E-state index contributed by atoms with van der Waals surface area (Å²) in [4.78, 5) is 26.4. The Hall–Kier alpha value is -2.52. The van der Waals surface area contributed by atoms with E-state index in [0.29, 0.717) is 6.42 Å². The number of ether oxygens (including phenoxy) is 3. The van der Waals surface area contributed by atoms with Crippen molar-refractivity contribution in [2.75, 3.05) is 14.2 Å².